The van der Waals surface area contributed by atoms with Crippen LogP contribution >= 0.6 is 0 Å². The Hall–Kier alpha value is -2.34. The van der Waals surface area contributed by atoms with Crippen LogP contribution in [0.25, 0.3) is 0 Å². The topological polar surface area (TPSA) is 56.9 Å². The molecule has 1 aromatic carbocycles. The molecule has 1 aliphatic rings. The highest BCUT2D eigenvalue weighted by Gasteiger charge is 2.29. The van der Waals surface area contributed by atoms with Gasteiger partial charge in [0.1, 0.15) is 6.26 Å². The maximum atomic E-state index is 4.94. The fraction of sp³-hybridized carbons (Fsp3) is 0.545. The highest BCUT2D eigenvalue weighted by molar-refractivity contribution is 5.80. The van der Waals surface area contributed by atoms with Crippen LogP contribution in [0.1, 0.15) is 37.9 Å². The Labute approximate surface area is 168 Å². The maximum absolute atomic E-state index is 4.94. The molecule has 1 saturated heterocycles. The molecule has 6 heteroatoms. The molecule has 1 N–H and O–H groups in total. The summed E-state index contributed by atoms with van der Waals surface area (Å²) in [6.07, 6.45) is 3.84. The number of aromatic nitrogens is 1. The van der Waals surface area contributed by atoms with Crippen molar-refractivity contribution in [1.82, 2.24) is 20.3 Å². The fourth-order valence-corrected chi connectivity index (χ4v) is 4.05. The number of rotatable bonds is 7. The lowest BCUT2D eigenvalue weighted by Gasteiger charge is -2.38. The first-order valence-electron chi connectivity index (χ1n) is 10.3. The first-order valence-corrected chi connectivity index (χ1v) is 10.3. The monoisotopic (exact) mass is 383 g/mol. The predicted molar refractivity (Wildman–Crippen MR) is 113 cm³/mol. The summed E-state index contributed by atoms with van der Waals surface area (Å²) >= 11 is 0. The zero-order valence-electron chi connectivity index (χ0n) is 17.4. The van der Waals surface area contributed by atoms with Gasteiger partial charge >= 0.3 is 0 Å². The number of aliphatic imine (C=N–C) groups is 1. The summed E-state index contributed by atoms with van der Waals surface area (Å²) in [5, 5.41) is 7.69. The van der Waals surface area contributed by atoms with Crippen molar-refractivity contribution in [2.45, 2.75) is 38.6 Å². The van der Waals surface area contributed by atoms with E-state index in [1.165, 1.54) is 5.56 Å². The summed E-state index contributed by atoms with van der Waals surface area (Å²) in [5.41, 5.74) is 2.53. The van der Waals surface area contributed by atoms with Crippen molar-refractivity contribution < 1.29 is 4.52 Å². The fourth-order valence-electron chi connectivity index (χ4n) is 4.05. The van der Waals surface area contributed by atoms with Crippen LogP contribution in [0.5, 0.6) is 0 Å². The lowest BCUT2D eigenvalue weighted by atomic mass is 9.76. The molecule has 0 spiro atoms. The Morgan fingerprint density at radius 1 is 1.11 bits per heavy atom. The van der Waals surface area contributed by atoms with Gasteiger partial charge in [-0.05, 0) is 18.4 Å². The van der Waals surface area contributed by atoms with Crippen molar-refractivity contribution in [3.63, 3.8) is 0 Å². The Balaban J connectivity index is 1.57. The summed E-state index contributed by atoms with van der Waals surface area (Å²) < 4.78 is 4.94. The molecule has 0 saturated carbocycles. The third-order valence-electron chi connectivity index (χ3n) is 6.09. The van der Waals surface area contributed by atoms with Crippen LogP contribution in [0.15, 0.2) is 52.2 Å². The van der Waals surface area contributed by atoms with Crippen LogP contribution in [0, 0.1) is 0 Å². The number of nitrogens with zero attached hydrogens (tertiary/aromatic N) is 4. The molecule has 6 nitrogen and oxygen atoms in total. The average molecular weight is 384 g/mol. The largest absolute Gasteiger partial charge is 0.364 e. The van der Waals surface area contributed by atoms with Crippen molar-refractivity contribution >= 4 is 5.96 Å². The van der Waals surface area contributed by atoms with Gasteiger partial charge in [0.15, 0.2) is 5.96 Å². The second-order valence-corrected chi connectivity index (χ2v) is 7.51. The van der Waals surface area contributed by atoms with E-state index in [1.54, 1.807) is 6.26 Å². The molecular weight excluding hydrogens is 350 g/mol. The standard InChI is InChI=1S/C22H33N5O/c1-4-22(5-2,19-9-7-6-8-10-19)18-24-21(23-3)27-14-12-26(13-15-27)17-20-11-16-28-25-20/h6-11,16H,4-5,12-15,17-18H2,1-3H3,(H,23,24). The van der Waals surface area contributed by atoms with E-state index in [1.807, 2.05) is 13.1 Å². The molecule has 1 aromatic heterocycles. The van der Waals surface area contributed by atoms with Gasteiger partial charge in [0.25, 0.3) is 0 Å². The summed E-state index contributed by atoms with van der Waals surface area (Å²) in [5.74, 6) is 1.00. The smallest absolute Gasteiger partial charge is 0.193 e. The lowest BCUT2D eigenvalue weighted by Crippen LogP contribution is -2.54. The predicted octanol–water partition coefficient (Wildman–Crippen LogP) is 3.13. The summed E-state index contributed by atoms with van der Waals surface area (Å²) in [6.45, 7) is 10.2. The Morgan fingerprint density at radius 3 is 2.39 bits per heavy atom. The summed E-state index contributed by atoms with van der Waals surface area (Å²) in [7, 11) is 1.88. The van der Waals surface area contributed by atoms with E-state index in [0.717, 1.165) is 63.8 Å². The quantitative estimate of drug-likeness (QED) is 0.588. The molecule has 28 heavy (non-hydrogen) atoms. The van der Waals surface area contributed by atoms with Crippen molar-refractivity contribution in [2.75, 3.05) is 39.8 Å². The van der Waals surface area contributed by atoms with Gasteiger partial charge in [-0.15, -0.1) is 0 Å². The highest BCUT2D eigenvalue weighted by atomic mass is 16.5. The van der Waals surface area contributed by atoms with Crippen LogP contribution in [0.2, 0.25) is 0 Å². The maximum Gasteiger partial charge on any atom is 0.193 e. The van der Waals surface area contributed by atoms with Crippen molar-refractivity contribution in [2.24, 2.45) is 4.99 Å². The number of benzene rings is 1. The molecule has 0 radical (unpaired) electrons. The highest BCUT2D eigenvalue weighted by Crippen LogP contribution is 2.30. The Kier molecular flexibility index (Phi) is 7.09. The van der Waals surface area contributed by atoms with Gasteiger partial charge in [-0.2, -0.15) is 0 Å². The Morgan fingerprint density at radius 2 is 1.82 bits per heavy atom. The Bertz CT molecular complexity index is 717. The molecule has 2 aromatic rings. The average Bonchev–Trinajstić information content (AvgIpc) is 3.26. The zero-order chi connectivity index (χ0) is 19.8. The van der Waals surface area contributed by atoms with Crippen molar-refractivity contribution in [3.05, 3.63) is 53.9 Å². The summed E-state index contributed by atoms with van der Waals surface area (Å²) in [4.78, 5) is 9.34. The normalized spacial score (nSPS) is 16.4. The van der Waals surface area contributed by atoms with Crippen molar-refractivity contribution in [3.8, 4) is 0 Å². The molecule has 2 heterocycles. The number of hydrogen-bond acceptors (Lipinski definition) is 4. The minimum absolute atomic E-state index is 0.131. The van der Waals surface area contributed by atoms with E-state index in [-0.39, 0.29) is 5.41 Å². The van der Waals surface area contributed by atoms with E-state index >= 15 is 0 Å². The van der Waals surface area contributed by atoms with Crippen LogP contribution in [-0.4, -0.2) is 60.7 Å². The first kappa shape index (κ1) is 20.4. The lowest BCUT2D eigenvalue weighted by molar-refractivity contribution is 0.168. The molecule has 0 unspecified atom stereocenters. The second kappa shape index (κ2) is 9.73. The van der Waals surface area contributed by atoms with Gasteiger partial charge in [0.2, 0.25) is 0 Å². The van der Waals surface area contributed by atoms with Gasteiger partial charge in [-0.3, -0.25) is 9.89 Å². The first-order chi connectivity index (χ1) is 13.7. The molecule has 0 atom stereocenters. The third kappa shape index (κ3) is 4.73. The van der Waals surface area contributed by atoms with Crippen LogP contribution in [0.4, 0.5) is 0 Å². The molecular formula is C22H33N5O. The van der Waals surface area contributed by atoms with E-state index in [2.05, 4.69) is 69.4 Å². The van der Waals surface area contributed by atoms with Gasteiger partial charge in [0, 0.05) is 57.8 Å². The minimum Gasteiger partial charge on any atom is -0.364 e. The molecule has 1 fully saturated rings. The second-order valence-electron chi connectivity index (χ2n) is 7.51. The van der Waals surface area contributed by atoms with E-state index in [9.17, 15) is 0 Å². The number of nitrogens with one attached hydrogen (secondary N) is 1. The van der Waals surface area contributed by atoms with E-state index in [0.29, 0.717) is 0 Å². The van der Waals surface area contributed by atoms with Crippen LogP contribution in [-0.2, 0) is 12.0 Å². The summed E-state index contributed by atoms with van der Waals surface area (Å²) in [6, 6.07) is 12.8. The van der Waals surface area contributed by atoms with E-state index < -0.39 is 0 Å². The van der Waals surface area contributed by atoms with Crippen molar-refractivity contribution in [1.29, 1.82) is 0 Å². The number of guanidine groups is 1. The minimum atomic E-state index is 0.131. The molecule has 0 amide bonds. The van der Waals surface area contributed by atoms with Crippen LogP contribution in [0.3, 0.4) is 0 Å². The van der Waals surface area contributed by atoms with Gasteiger partial charge in [0.05, 0.1) is 5.69 Å². The molecule has 1 aliphatic heterocycles. The SMILES string of the molecule is CCC(CC)(CNC(=NC)N1CCN(Cc2ccon2)CC1)c1ccccc1. The number of hydrogen-bond donors (Lipinski definition) is 1. The van der Waals surface area contributed by atoms with E-state index in [4.69, 9.17) is 4.52 Å². The molecule has 0 aliphatic carbocycles. The molecule has 0 bridgehead atoms. The zero-order valence-corrected chi connectivity index (χ0v) is 17.4. The van der Waals surface area contributed by atoms with Crippen LogP contribution < -0.4 is 5.32 Å². The molecule has 152 valence electrons. The van der Waals surface area contributed by atoms with Gasteiger partial charge in [-0.1, -0.05) is 49.3 Å². The molecule has 3 rings (SSSR count). The number of piperazine rings is 1. The van der Waals surface area contributed by atoms with Gasteiger partial charge in [-0.25, -0.2) is 0 Å². The van der Waals surface area contributed by atoms with Gasteiger partial charge < -0.3 is 14.7 Å². The third-order valence-corrected chi connectivity index (χ3v) is 6.09.